The largest absolute Gasteiger partial charge is 0.506 e. The number of hydrogen-bond acceptors (Lipinski definition) is 3. The molecule has 0 heterocycles. The van der Waals surface area contributed by atoms with Gasteiger partial charge in [-0.15, -0.1) is 0 Å². The molecule has 1 aromatic rings. The minimum atomic E-state index is -0.164. The molecule has 3 nitrogen and oxygen atoms in total. The van der Waals surface area contributed by atoms with E-state index in [1.165, 1.54) is 0 Å². The van der Waals surface area contributed by atoms with Gasteiger partial charge in [0.1, 0.15) is 5.75 Å². The van der Waals surface area contributed by atoms with Crippen molar-refractivity contribution >= 4 is 45.2 Å². The summed E-state index contributed by atoms with van der Waals surface area (Å²) in [7, 11) is 0. The number of aromatic hydroxyl groups is 1. The summed E-state index contributed by atoms with van der Waals surface area (Å²) in [6.07, 6.45) is 0.539. The molecule has 0 bridgehead atoms. The van der Waals surface area contributed by atoms with Crippen LogP contribution in [-0.2, 0) is 0 Å². The van der Waals surface area contributed by atoms with E-state index in [4.69, 9.17) is 10.8 Å². The number of phenols is 1. The molecule has 4 N–H and O–H groups in total. The highest BCUT2D eigenvalue weighted by atomic mass is 127. The molecule has 0 saturated heterocycles. The lowest BCUT2D eigenvalue weighted by Gasteiger charge is -2.12. The molecule has 78 valence electrons. The van der Waals surface area contributed by atoms with Gasteiger partial charge in [-0.3, -0.25) is 0 Å². The highest BCUT2D eigenvalue weighted by Crippen LogP contribution is 2.29. The summed E-state index contributed by atoms with van der Waals surface area (Å²) in [5, 5.41) is 18.3. The van der Waals surface area contributed by atoms with Gasteiger partial charge in [0.05, 0.1) is 7.14 Å². The molecular formula is C9H11I2NO2. The Kier molecular flexibility index (Phi) is 4.88. The highest BCUT2D eigenvalue weighted by Gasteiger charge is 2.10. The molecule has 14 heavy (non-hydrogen) atoms. The molecule has 5 heteroatoms. The summed E-state index contributed by atoms with van der Waals surface area (Å²) < 4.78 is 1.58. The van der Waals surface area contributed by atoms with Gasteiger partial charge in [0, 0.05) is 12.6 Å². The quantitative estimate of drug-likeness (QED) is 0.657. The summed E-state index contributed by atoms with van der Waals surface area (Å²) in [6, 6.07) is 3.53. The smallest absolute Gasteiger partial charge is 0.142 e. The van der Waals surface area contributed by atoms with Crippen molar-refractivity contribution in [1.29, 1.82) is 0 Å². The molecule has 1 aromatic carbocycles. The van der Waals surface area contributed by atoms with Gasteiger partial charge < -0.3 is 15.9 Å². The molecule has 0 aliphatic rings. The maximum absolute atomic E-state index is 9.54. The van der Waals surface area contributed by atoms with Crippen LogP contribution in [0.25, 0.3) is 0 Å². The number of aliphatic hydroxyl groups excluding tert-OH is 1. The predicted molar refractivity (Wildman–Crippen MR) is 72.2 cm³/mol. The molecule has 0 saturated carbocycles. The van der Waals surface area contributed by atoms with Gasteiger partial charge in [-0.05, 0) is 69.3 Å². The molecule has 0 aromatic heterocycles. The third-order valence-electron chi connectivity index (χ3n) is 1.91. The van der Waals surface area contributed by atoms with Crippen LogP contribution in [0, 0.1) is 7.14 Å². The molecule has 1 atom stereocenters. The van der Waals surface area contributed by atoms with E-state index >= 15 is 0 Å². The van der Waals surface area contributed by atoms with Crippen molar-refractivity contribution in [3.63, 3.8) is 0 Å². The SMILES string of the molecule is N[C@H](CCO)c1cc(I)c(O)c(I)c1. The van der Waals surface area contributed by atoms with Gasteiger partial charge in [-0.1, -0.05) is 0 Å². The zero-order valence-corrected chi connectivity index (χ0v) is 11.7. The second-order valence-electron chi connectivity index (χ2n) is 2.95. The van der Waals surface area contributed by atoms with Crippen LogP contribution in [0.5, 0.6) is 5.75 Å². The van der Waals surface area contributed by atoms with E-state index in [2.05, 4.69) is 45.2 Å². The van der Waals surface area contributed by atoms with Crippen LogP contribution in [-0.4, -0.2) is 16.8 Å². The van der Waals surface area contributed by atoms with Crippen molar-refractivity contribution < 1.29 is 10.2 Å². The van der Waals surface area contributed by atoms with Crippen LogP contribution >= 0.6 is 45.2 Å². The second kappa shape index (κ2) is 5.47. The molecular weight excluding hydrogens is 408 g/mol. The normalized spacial score (nSPS) is 12.9. The Balaban J connectivity index is 3.00. The number of halogens is 2. The predicted octanol–water partition coefficient (Wildman–Crippen LogP) is 1.98. The maximum Gasteiger partial charge on any atom is 0.142 e. The van der Waals surface area contributed by atoms with Gasteiger partial charge in [-0.2, -0.15) is 0 Å². The highest BCUT2D eigenvalue weighted by molar-refractivity contribution is 14.1. The molecule has 0 aliphatic carbocycles. The number of benzene rings is 1. The fraction of sp³-hybridized carbons (Fsp3) is 0.333. The first-order valence-electron chi connectivity index (χ1n) is 4.10. The summed E-state index contributed by atoms with van der Waals surface area (Å²) in [4.78, 5) is 0. The van der Waals surface area contributed by atoms with Crippen molar-refractivity contribution in [3.05, 3.63) is 24.8 Å². The molecule has 0 amide bonds. The van der Waals surface area contributed by atoms with Crippen molar-refractivity contribution in [1.82, 2.24) is 0 Å². The first-order chi connectivity index (χ1) is 6.56. The Labute approximate surface area is 110 Å². The average Bonchev–Trinajstić information content (AvgIpc) is 2.13. The Hall–Kier alpha value is 0.400. The monoisotopic (exact) mass is 419 g/mol. The van der Waals surface area contributed by atoms with E-state index in [1.807, 2.05) is 12.1 Å². The third kappa shape index (κ3) is 2.94. The van der Waals surface area contributed by atoms with Crippen LogP contribution in [0.2, 0.25) is 0 Å². The first-order valence-corrected chi connectivity index (χ1v) is 6.26. The van der Waals surface area contributed by atoms with E-state index in [9.17, 15) is 5.11 Å². The van der Waals surface area contributed by atoms with Crippen molar-refractivity contribution in [2.75, 3.05) is 6.61 Å². The number of nitrogens with two attached hydrogens (primary N) is 1. The maximum atomic E-state index is 9.54. The van der Waals surface area contributed by atoms with E-state index in [0.29, 0.717) is 12.2 Å². The zero-order valence-electron chi connectivity index (χ0n) is 7.37. The van der Waals surface area contributed by atoms with Gasteiger partial charge >= 0.3 is 0 Å². The van der Waals surface area contributed by atoms with Crippen molar-refractivity contribution in [3.8, 4) is 5.75 Å². The number of hydrogen-bond donors (Lipinski definition) is 3. The minimum absolute atomic E-state index is 0.0786. The van der Waals surface area contributed by atoms with E-state index in [-0.39, 0.29) is 12.6 Å². The van der Waals surface area contributed by atoms with Crippen LogP contribution in [0.4, 0.5) is 0 Å². The lowest BCUT2D eigenvalue weighted by Crippen LogP contribution is -2.12. The first kappa shape index (κ1) is 12.5. The number of aliphatic hydroxyl groups is 1. The minimum Gasteiger partial charge on any atom is -0.506 e. The number of rotatable bonds is 3. The van der Waals surface area contributed by atoms with Crippen molar-refractivity contribution in [2.24, 2.45) is 5.73 Å². The lowest BCUT2D eigenvalue weighted by atomic mass is 10.1. The van der Waals surface area contributed by atoms with Crippen molar-refractivity contribution in [2.45, 2.75) is 12.5 Å². The zero-order chi connectivity index (χ0) is 10.7. The fourth-order valence-electron chi connectivity index (χ4n) is 1.10. The van der Waals surface area contributed by atoms with Gasteiger partial charge in [0.15, 0.2) is 0 Å². The van der Waals surface area contributed by atoms with Crippen LogP contribution in [0.15, 0.2) is 12.1 Å². The van der Waals surface area contributed by atoms with E-state index in [1.54, 1.807) is 0 Å². The Morgan fingerprint density at radius 3 is 2.21 bits per heavy atom. The second-order valence-corrected chi connectivity index (χ2v) is 5.28. The topological polar surface area (TPSA) is 66.5 Å². The summed E-state index contributed by atoms with van der Waals surface area (Å²) in [5.74, 6) is 0.297. The summed E-state index contributed by atoms with van der Waals surface area (Å²) >= 11 is 4.13. The Morgan fingerprint density at radius 1 is 1.29 bits per heavy atom. The lowest BCUT2D eigenvalue weighted by molar-refractivity contribution is 0.276. The molecule has 1 rings (SSSR count). The Morgan fingerprint density at radius 2 is 1.79 bits per heavy atom. The van der Waals surface area contributed by atoms with Gasteiger partial charge in [0.2, 0.25) is 0 Å². The molecule has 0 aliphatic heterocycles. The molecule has 0 spiro atoms. The summed E-state index contributed by atoms with van der Waals surface area (Å²) in [6.45, 7) is 0.0786. The van der Waals surface area contributed by atoms with Crippen LogP contribution in [0.3, 0.4) is 0 Å². The van der Waals surface area contributed by atoms with Gasteiger partial charge in [0.25, 0.3) is 0 Å². The number of phenolic OH excluding ortho intramolecular Hbond substituents is 1. The molecule has 0 unspecified atom stereocenters. The van der Waals surface area contributed by atoms with E-state index in [0.717, 1.165) is 12.7 Å². The van der Waals surface area contributed by atoms with Crippen LogP contribution < -0.4 is 5.73 Å². The third-order valence-corrected chi connectivity index (χ3v) is 3.55. The van der Waals surface area contributed by atoms with Gasteiger partial charge in [-0.25, -0.2) is 0 Å². The average molecular weight is 419 g/mol. The fourth-order valence-corrected chi connectivity index (χ4v) is 2.92. The molecule has 0 fully saturated rings. The van der Waals surface area contributed by atoms with E-state index < -0.39 is 0 Å². The standard InChI is InChI=1S/C9H11I2NO2/c10-6-3-5(8(12)1-2-13)4-7(11)9(6)14/h3-4,8,13-14H,1-2,12H2/t8-/m1/s1. The Bertz CT molecular complexity index is 308. The molecule has 0 radical (unpaired) electrons. The van der Waals surface area contributed by atoms with Crippen LogP contribution in [0.1, 0.15) is 18.0 Å². The summed E-state index contributed by atoms with van der Waals surface area (Å²) in [5.41, 5.74) is 6.79.